The van der Waals surface area contributed by atoms with Gasteiger partial charge in [-0.2, -0.15) is 0 Å². The number of aromatic nitrogens is 3. The van der Waals surface area contributed by atoms with E-state index in [1.165, 1.54) is 18.2 Å². The SMILES string of the molecule is O=C(c1cccc(F)c1)N(Cc1cccnc1)Cc1nccn1Cc1ccccc1Cl. The number of carbonyl (C=O) groups is 1. The number of hydrogen-bond donors (Lipinski definition) is 0. The van der Waals surface area contributed by atoms with Crippen LogP contribution in [-0.2, 0) is 19.6 Å². The zero-order chi connectivity index (χ0) is 21.6. The monoisotopic (exact) mass is 434 g/mol. The van der Waals surface area contributed by atoms with Crippen molar-refractivity contribution in [1.82, 2.24) is 19.4 Å². The summed E-state index contributed by atoms with van der Waals surface area (Å²) >= 11 is 6.31. The average molecular weight is 435 g/mol. The first kappa shape index (κ1) is 20.8. The number of nitrogens with zero attached hydrogens (tertiary/aromatic N) is 4. The van der Waals surface area contributed by atoms with Crippen molar-refractivity contribution in [2.24, 2.45) is 0 Å². The molecule has 5 nitrogen and oxygen atoms in total. The summed E-state index contributed by atoms with van der Waals surface area (Å²) in [5, 5.41) is 0.671. The van der Waals surface area contributed by atoms with Gasteiger partial charge in [-0.3, -0.25) is 9.78 Å². The van der Waals surface area contributed by atoms with E-state index in [-0.39, 0.29) is 18.0 Å². The highest BCUT2D eigenvalue weighted by atomic mass is 35.5. The van der Waals surface area contributed by atoms with E-state index in [0.29, 0.717) is 23.9 Å². The smallest absolute Gasteiger partial charge is 0.254 e. The molecule has 0 spiro atoms. The van der Waals surface area contributed by atoms with Crippen LogP contribution in [0.1, 0.15) is 27.3 Å². The van der Waals surface area contributed by atoms with E-state index in [4.69, 9.17) is 11.6 Å². The summed E-state index contributed by atoms with van der Waals surface area (Å²) in [6, 6.07) is 17.0. The van der Waals surface area contributed by atoms with Gasteiger partial charge in [0.25, 0.3) is 5.91 Å². The Morgan fingerprint density at radius 1 is 1.03 bits per heavy atom. The summed E-state index contributed by atoms with van der Waals surface area (Å²) in [5.74, 6) is -0.0309. The minimum Gasteiger partial charge on any atom is -0.329 e. The second kappa shape index (κ2) is 9.53. The molecule has 0 aliphatic heterocycles. The van der Waals surface area contributed by atoms with Crippen molar-refractivity contribution < 1.29 is 9.18 Å². The largest absolute Gasteiger partial charge is 0.329 e. The van der Waals surface area contributed by atoms with Gasteiger partial charge >= 0.3 is 0 Å². The number of pyridine rings is 1. The van der Waals surface area contributed by atoms with Gasteiger partial charge in [0.15, 0.2) is 0 Å². The second-order valence-electron chi connectivity index (χ2n) is 7.10. The van der Waals surface area contributed by atoms with E-state index in [2.05, 4.69) is 9.97 Å². The number of rotatable bonds is 7. The number of benzene rings is 2. The van der Waals surface area contributed by atoms with Crippen molar-refractivity contribution in [1.29, 1.82) is 0 Å². The van der Waals surface area contributed by atoms with Crippen LogP contribution in [0.15, 0.2) is 85.5 Å². The second-order valence-corrected chi connectivity index (χ2v) is 7.50. The minimum atomic E-state index is -0.451. The Bertz CT molecular complexity index is 1180. The minimum absolute atomic E-state index is 0.252. The van der Waals surface area contributed by atoms with E-state index >= 15 is 0 Å². The topological polar surface area (TPSA) is 51.0 Å². The number of hydrogen-bond acceptors (Lipinski definition) is 3. The molecule has 0 aliphatic rings. The zero-order valence-corrected chi connectivity index (χ0v) is 17.4. The number of carbonyl (C=O) groups excluding carboxylic acids is 1. The van der Waals surface area contributed by atoms with Gasteiger partial charge in [-0.25, -0.2) is 9.37 Å². The molecule has 4 aromatic rings. The van der Waals surface area contributed by atoms with Gasteiger partial charge in [0.1, 0.15) is 11.6 Å². The Hall–Kier alpha value is -3.51. The maximum atomic E-state index is 13.7. The molecule has 0 saturated heterocycles. The van der Waals surface area contributed by atoms with Gasteiger partial charge in [0.2, 0.25) is 0 Å². The Morgan fingerprint density at radius 2 is 1.90 bits per heavy atom. The Kier molecular flexibility index (Phi) is 6.38. The highest BCUT2D eigenvalue weighted by Gasteiger charge is 2.20. The van der Waals surface area contributed by atoms with Crippen LogP contribution >= 0.6 is 11.6 Å². The number of amides is 1. The van der Waals surface area contributed by atoms with E-state index in [1.54, 1.807) is 29.6 Å². The quantitative estimate of drug-likeness (QED) is 0.413. The standard InChI is InChI=1S/C24H20ClFN4O/c25-22-9-2-1-6-20(22)16-29-12-11-28-23(29)17-30(15-18-5-4-10-27-14-18)24(31)19-7-3-8-21(26)13-19/h1-14H,15-17H2. The van der Waals surface area contributed by atoms with Gasteiger partial charge in [-0.1, -0.05) is 41.9 Å². The van der Waals surface area contributed by atoms with Gasteiger partial charge in [-0.05, 0) is 41.5 Å². The molecule has 7 heteroatoms. The van der Waals surface area contributed by atoms with Gasteiger partial charge in [0.05, 0.1) is 13.1 Å². The summed E-state index contributed by atoms with van der Waals surface area (Å²) in [6.45, 7) is 1.10. The summed E-state index contributed by atoms with van der Waals surface area (Å²) in [4.78, 5) is 23.5. The molecule has 0 radical (unpaired) electrons. The van der Waals surface area contributed by atoms with Crippen LogP contribution < -0.4 is 0 Å². The molecule has 4 rings (SSSR count). The molecule has 0 atom stereocenters. The van der Waals surface area contributed by atoms with E-state index < -0.39 is 5.82 Å². The van der Waals surface area contributed by atoms with Crippen molar-refractivity contribution in [3.63, 3.8) is 0 Å². The molecule has 31 heavy (non-hydrogen) atoms. The van der Waals surface area contributed by atoms with Crippen LogP contribution in [0.25, 0.3) is 0 Å². The highest BCUT2D eigenvalue weighted by molar-refractivity contribution is 6.31. The number of halogens is 2. The summed E-state index contributed by atoms with van der Waals surface area (Å²) in [6.07, 6.45) is 6.94. The fourth-order valence-electron chi connectivity index (χ4n) is 3.33. The van der Waals surface area contributed by atoms with Crippen LogP contribution in [0.2, 0.25) is 5.02 Å². The zero-order valence-electron chi connectivity index (χ0n) is 16.7. The third kappa shape index (κ3) is 5.16. The summed E-state index contributed by atoms with van der Waals surface area (Å²) < 4.78 is 15.7. The highest BCUT2D eigenvalue weighted by Crippen LogP contribution is 2.19. The first-order valence-corrected chi connectivity index (χ1v) is 10.1. The van der Waals surface area contributed by atoms with Crippen molar-refractivity contribution in [2.75, 3.05) is 0 Å². The molecule has 156 valence electrons. The van der Waals surface area contributed by atoms with Gasteiger partial charge < -0.3 is 9.47 Å². The lowest BCUT2D eigenvalue weighted by molar-refractivity contribution is 0.0723. The van der Waals surface area contributed by atoms with Crippen LogP contribution in [-0.4, -0.2) is 25.3 Å². The van der Waals surface area contributed by atoms with Crippen molar-refractivity contribution in [3.05, 3.63) is 119 Å². The molecule has 0 bridgehead atoms. The Balaban J connectivity index is 1.61. The molecule has 2 heterocycles. The van der Waals surface area contributed by atoms with Crippen molar-refractivity contribution in [3.8, 4) is 0 Å². The van der Waals surface area contributed by atoms with E-state index in [0.717, 1.165) is 11.1 Å². The molecule has 2 aromatic carbocycles. The molecular weight excluding hydrogens is 415 g/mol. The van der Waals surface area contributed by atoms with Crippen LogP contribution in [0.3, 0.4) is 0 Å². The Morgan fingerprint density at radius 3 is 2.68 bits per heavy atom. The molecular formula is C24H20ClFN4O. The van der Waals surface area contributed by atoms with Gasteiger partial charge in [-0.15, -0.1) is 0 Å². The van der Waals surface area contributed by atoms with Crippen molar-refractivity contribution in [2.45, 2.75) is 19.6 Å². The predicted octanol–water partition coefficient (Wildman–Crippen LogP) is 4.96. The lowest BCUT2D eigenvalue weighted by Crippen LogP contribution is -2.31. The van der Waals surface area contributed by atoms with Crippen LogP contribution in [0, 0.1) is 5.82 Å². The molecule has 0 aliphatic carbocycles. The van der Waals surface area contributed by atoms with E-state index in [1.807, 2.05) is 47.2 Å². The summed E-state index contributed by atoms with van der Waals surface area (Å²) in [5.41, 5.74) is 2.11. The van der Waals surface area contributed by atoms with Crippen LogP contribution in [0.4, 0.5) is 4.39 Å². The molecule has 1 amide bonds. The van der Waals surface area contributed by atoms with E-state index in [9.17, 15) is 9.18 Å². The number of imidazole rings is 1. The average Bonchev–Trinajstić information content (AvgIpc) is 3.21. The maximum Gasteiger partial charge on any atom is 0.254 e. The first-order chi connectivity index (χ1) is 15.1. The molecule has 0 saturated carbocycles. The van der Waals surface area contributed by atoms with Crippen LogP contribution in [0.5, 0.6) is 0 Å². The van der Waals surface area contributed by atoms with Gasteiger partial charge in [0, 0.05) is 41.9 Å². The molecule has 0 unspecified atom stereocenters. The lowest BCUT2D eigenvalue weighted by Gasteiger charge is -2.23. The predicted molar refractivity (Wildman–Crippen MR) is 117 cm³/mol. The fraction of sp³-hybridized carbons (Fsp3) is 0.125. The molecule has 0 fully saturated rings. The van der Waals surface area contributed by atoms with Crippen molar-refractivity contribution >= 4 is 17.5 Å². The Labute approximate surface area is 184 Å². The molecule has 0 N–H and O–H groups in total. The first-order valence-electron chi connectivity index (χ1n) is 9.77. The summed E-state index contributed by atoms with van der Waals surface area (Å²) in [7, 11) is 0. The molecule has 2 aromatic heterocycles. The third-order valence-electron chi connectivity index (χ3n) is 4.89. The maximum absolute atomic E-state index is 13.7. The lowest BCUT2D eigenvalue weighted by atomic mass is 10.1. The third-order valence-corrected chi connectivity index (χ3v) is 5.26. The normalized spacial score (nSPS) is 10.8. The fourth-order valence-corrected chi connectivity index (χ4v) is 3.53.